The lowest BCUT2D eigenvalue weighted by Gasteiger charge is -2.39. The Kier molecular flexibility index (Phi) is 3.51. The van der Waals surface area contributed by atoms with Crippen molar-refractivity contribution in [2.24, 2.45) is 5.92 Å². The maximum Gasteiger partial charge on any atom is 0.267 e. The van der Waals surface area contributed by atoms with Gasteiger partial charge in [-0.3, -0.25) is 9.59 Å². The predicted molar refractivity (Wildman–Crippen MR) is 85.9 cm³/mol. The van der Waals surface area contributed by atoms with Gasteiger partial charge >= 0.3 is 0 Å². The van der Waals surface area contributed by atoms with Crippen molar-refractivity contribution in [2.45, 2.75) is 39.7 Å². The van der Waals surface area contributed by atoms with Crippen molar-refractivity contribution in [3.63, 3.8) is 0 Å². The van der Waals surface area contributed by atoms with Crippen LogP contribution in [0.4, 0.5) is 0 Å². The molecule has 126 valence electrons. The summed E-state index contributed by atoms with van der Waals surface area (Å²) in [7, 11) is 0. The van der Waals surface area contributed by atoms with Crippen LogP contribution < -0.4 is 5.56 Å². The van der Waals surface area contributed by atoms with Crippen LogP contribution in [0.2, 0.25) is 0 Å². The van der Waals surface area contributed by atoms with Gasteiger partial charge in [0.2, 0.25) is 0 Å². The van der Waals surface area contributed by atoms with Gasteiger partial charge in [-0.2, -0.15) is 5.10 Å². The highest BCUT2D eigenvalue weighted by molar-refractivity contribution is 5.96. The van der Waals surface area contributed by atoms with Crippen LogP contribution in [-0.4, -0.2) is 38.8 Å². The van der Waals surface area contributed by atoms with Gasteiger partial charge in [-0.25, -0.2) is 4.68 Å². The van der Waals surface area contributed by atoms with Gasteiger partial charge in [0.25, 0.3) is 11.5 Å². The minimum atomic E-state index is -0.0447. The summed E-state index contributed by atoms with van der Waals surface area (Å²) >= 11 is 0. The van der Waals surface area contributed by atoms with Crippen molar-refractivity contribution in [3.8, 4) is 0 Å². The average Bonchev–Trinajstić information content (AvgIpc) is 3.08. The molecule has 0 bridgehead atoms. The molecule has 0 unspecified atom stereocenters. The Hall–Kier alpha value is -2.44. The normalized spacial score (nSPS) is 17.0. The van der Waals surface area contributed by atoms with Crippen molar-refractivity contribution < 1.29 is 9.32 Å². The Balaban J connectivity index is 1.42. The number of fused-ring (bicyclic) bond motifs is 1. The SMILES string of the molecule is Cc1noc(C)c1C(=O)N1CC(Cn2nc3c(cc2=O)CCC3)C1. The number of carbonyl (C=O) groups excluding carboxylic acids is 1. The minimum Gasteiger partial charge on any atom is -0.361 e. The Morgan fingerprint density at radius 1 is 1.33 bits per heavy atom. The molecule has 0 atom stereocenters. The summed E-state index contributed by atoms with van der Waals surface area (Å²) in [4.78, 5) is 26.4. The maximum atomic E-state index is 12.5. The summed E-state index contributed by atoms with van der Waals surface area (Å²) in [5.41, 5.74) is 3.29. The highest BCUT2D eigenvalue weighted by Crippen LogP contribution is 2.23. The minimum absolute atomic E-state index is 0.0360. The molecule has 0 saturated carbocycles. The second-order valence-corrected chi connectivity index (χ2v) is 6.77. The fourth-order valence-corrected chi connectivity index (χ4v) is 3.61. The lowest BCUT2D eigenvalue weighted by atomic mass is 9.98. The van der Waals surface area contributed by atoms with E-state index in [1.807, 2.05) is 0 Å². The lowest BCUT2D eigenvalue weighted by molar-refractivity contribution is 0.0455. The zero-order valence-corrected chi connectivity index (χ0v) is 13.9. The molecule has 3 heterocycles. The van der Waals surface area contributed by atoms with E-state index in [1.54, 1.807) is 29.5 Å². The van der Waals surface area contributed by atoms with Crippen LogP contribution in [0, 0.1) is 19.8 Å². The van der Waals surface area contributed by atoms with Crippen LogP contribution in [0.15, 0.2) is 15.4 Å². The molecule has 1 fully saturated rings. The fourth-order valence-electron chi connectivity index (χ4n) is 3.61. The van der Waals surface area contributed by atoms with E-state index in [9.17, 15) is 9.59 Å². The first-order valence-electron chi connectivity index (χ1n) is 8.35. The van der Waals surface area contributed by atoms with Gasteiger partial charge in [0.1, 0.15) is 11.3 Å². The first-order chi connectivity index (χ1) is 11.5. The van der Waals surface area contributed by atoms with E-state index in [0.717, 1.165) is 30.5 Å². The van der Waals surface area contributed by atoms with Crippen molar-refractivity contribution in [1.82, 2.24) is 19.8 Å². The van der Waals surface area contributed by atoms with Gasteiger partial charge in [0.15, 0.2) is 0 Å². The molecule has 0 aromatic carbocycles. The van der Waals surface area contributed by atoms with E-state index in [4.69, 9.17) is 4.52 Å². The molecule has 2 aliphatic rings. The maximum absolute atomic E-state index is 12.5. The third kappa shape index (κ3) is 2.44. The van der Waals surface area contributed by atoms with E-state index in [0.29, 0.717) is 36.7 Å². The van der Waals surface area contributed by atoms with Crippen molar-refractivity contribution in [2.75, 3.05) is 13.1 Å². The number of hydrogen-bond acceptors (Lipinski definition) is 5. The number of nitrogens with zero attached hydrogens (tertiary/aromatic N) is 4. The zero-order chi connectivity index (χ0) is 16.8. The lowest BCUT2D eigenvalue weighted by Crippen LogP contribution is -2.52. The Morgan fingerprint density at radius 3 is 2.83 bits per heavy atom. The Morgan fingerprint density at radius 2 is 2.12 bits per heavy atom. The Labute approximate surface area is 139 Å². The molecule has 0 spiro atoms. The van der Waals surface area contributed by atoms with Crippen LogP contribution in [0.25, 0.3) is 0 Å². The summed E-state index contributed by atoms with van der Waals surface area (Å²) in [6, 6.07) is 1.72. The van der Waals surface area contributed by atoms with Gasteiger partial charge in [-0.05, 0) is 38.7 Å². The molecule has 2 aromatic rings. The first-order valence-corrected chi connectivity index (χ1v) is 8.35. The van der Waals surface area contributed by atoms with E-state index in [-0.39, 0.29) is 17.4 Å². The number of amides is 1. The highest BCUT2D eigenvalue weighted by atomic mass is 16.5. The van der Waals surface area contributed by atoms with Crippen LogP contribution in [0.1, 0.15) is 39.5 Å². The topological polar surface area (TPSA) is 81.2 Å². The van der Waals surface area contributed by atoms with E-state index < -0.39 is 0 Å². The molecular weight excluding hydrogens is 308 g/mol. The van der Waals surface area contributed by atoms with E-state index >= 15 is 0 Å². The molecule has 2 aromatic heterocycles. The molecule has 4 rings (SSSR count). The molecule has 7 heteroatoms. The summed E-state index contributed by atoms with van der Waals surface area (Å²) < 4.78 is 6.63. The van der Waals surface area contributed by atoms with Gasteiger partial charge in [-0.1, -0.05) is 5.16 Å². The van der Waals surface area contributed by atoms with Crippen LogP contribution in [0.3, 0.4) is 0 Å². The second-order valence-electron chi connectivity index (χ2n) is 6.77. The number of carbonyl (C=O) groups is 1. The molecule has 1 aliphatic carbocycles. The van der Waals surface area contributed by atoms with Gasteiger partial charge in [0.05, 0.1) is 17.9 Å². The zero-order valence-electron chi connectivity index (χ0n) is 13.9. The van der Waals surface area contributed by atoms with E-state index in [2.05, 4.69) is 10.3 Å². The van der Waals surface area contributed by atoms with Crippen molar-refractivity contribution in [3.05, 3.63) is 44.7 Å². The summed E-state index contributed by atoms with van der Waals surface area (Å²) in [6.45, 7) is 5.35. The third-order valence-electron chi connectivity index (χ3n) is 4.95. The highest BCUT2D eigenvalue weighted by Gasteiger charge is 2.34. The fraction of sp³-hybridized carbons (Fsp3) is 0.529. The molecule has 1 aliphatic heterocycles. The number of aryl methyl sites for hydroxylation is 4. The number of hydrogen-bond donors (Lipinski definition) is 0. The van der Waals surface area contributed by atoms with Gasteiger partial charge in [0, 0.05) is 25.1 Å². The summed E-state index contributed by atoms with van der Waals surface area (Å²) in [5, 5.41) is 8.33. The summed E-state index contributed by atoms with van der Waals surface area (Å²) in [6.07, 6.45) is 2.99. The largest absolute Gasteiger partial charge is 0.361 e. The molecule has 0 radical (unpaired) electrons. The molecule has 1 saturated heterocycles. The molecule has 1 amide bonds. The molecule has 0 N–H and O–H groups in total. The molecule has 7 nitrogen and oxygen atoms in total. The third-order valence-corrected chi connectivity index (χ3v) is 4.95. The van der Waals surface area contributed by atoms with Crippen LogP contribution >= 0.6 is 0 Å². The van der Waals surface area contributed by atoms with Crippen molar-refractivity contribution >= 4 is 5.91 Å². The standard InChI is InChI=1S/C17H20N4O3/c1-10-16(11(2)24-19-10)17(23)20-7-12(8-20)9-21-15(22)6-13-4-3-5-14(13)18-21/h6,12H,3-5,7-9H2,1-2H3. The van der Waals surface area contributed by atoms with E-state index in [1.165, 1.54) is 0 Å². The number of rotatable bonds is 3. The van der Waals surface area contributed by atoms with Crippen molar-refractivity contribution in [1.29, 1.82) is 0 Å². The predicted octanol–water partition coefficient (Wildman–Crippen LogP) is 1.11. The molecule has 24 heavy (non-hydrogen) atoms. The monoisotopic (exact) mass is 328 g/mol. The van der Waals surface area contributed by atoms with Crippen LogP contribution in [-0.2, 0) is 19.4 Å². The average molecular weight is 328 g/mol. The Bertz CT molecular complexity index is 842. The van der Waals surface area contributed by atoms with Gasteiger partial charge < -0.3 is 9.42 Å². The second kappa shape index (κ2) is 5.58. The van der Waals surface area contributed by atoms with Crippen LogP contribution in [0.5, 0.6) is 0 Å². The summed E-state index contributed by atoms with van der Waals surface area (Å²) in [5.74, 6) is 0.772. The number of likely N-dealkylation sites (tertiary alicyclic amines) is 1. The molecular formula is C17H20N4O3. The first kappa shape index (κ1) is 15.1. The number of aromatic nitrogens is 3. The smallest absolute Gasteiger partial charge is 0.267 e. The van der Waals surface area contributed by atoms with Gasteiger partial charge in [-0.15, -0.1) is 0 Å². The quantitative estimate of drug-likeness (QED) is 0.843.